The average molecular weight is 220 g/mol. The Hall–Kier alpha value is -2.64. The summed E-state index contributed by atoms with van der Waals surface area (Å²) in [6.45, 7) is 0. The lowest BCUT2D eigenvalue weighted by atomic mass is 10.3. The molecule has 8 heteroatoms. The second-order valence-electron chi connectivity index (χ2n) is 2.64. The van der Waals surface area contributed by atoms with Crippen LogP contribution in [0.25, 0.3) is 0 Å². The molecule has 84 valence electrons. The number of anilines is 1. The van der Waals surface area contributed by atoms with Gasteiger partial charge in [0, 0.05) is 0 Å². The number of hydrogen-bond acceptors (Lipinski definition) is 5. The normalized spacial score (nSPS) is 8.75. The molecular formula is C8H12N8. The lowest BCUT2D eigenvalue weighted by Crippen LogP contribution is -2.21. The van der Waals surface area contributed by atoms with Crippen LogP contribution in [0.5, 0.6) is 0 Å². The summed E-state index contributed by atoms with van der Waals surface area (Å²) in [5, 5.41) is 12.0. The maximum Gasteiger partial charge on any atom is 0.260 e. The molecule has 0 aliphatic heterocycles. The summed E-state index contributed by atoms with van der Waals surface area (Å²) < 4.78 is 0. The fourth-order valence-electron chi connectivity index (χ4n) is 0.821. The predicted octanol–water partition coefficient (Wildman–Crippen LogP) is -0.627. The van der Waals surface area contributed by atoms with Crippen molar-refractivity contribution in [3.63, 3.8) is 0 Å². The van der Waals surface area contributed by atoms with Crippen LogP contribution in [0.1, 0.15) is 0 Å². The summed E-state index contributed by atoms with van der Waals surface area (Å²) in [7, 11) is 0. The third-order valence-corrected chi connectivity index (χ3v) is 1.38. The number of para-hydroxylation sites is 1. The lowest BCUT2D eigenvalue weighted by molar-refractivity contribution is 0.881. The van der Waals surface area contributed by atoms with Gasteiger partial charge in [-0.15, -0.1) is 5.10 Å². The van der Waals surface area contributed by atoms with Gasteiger partial charge in [0.05, 0.1) is 5.69 Å². The van der Waals surface area contributed by atoms with Gasteiger partial charge in [0.25, 0.3) is 5.95 Å². The fourth-order valence-corrected chi connectivity index (χ4v) is 0.821. The van der Waals surface area contributed by atoms with Gasteiger partial charge in [-0.05, 0) is 17.3 Å². The molecule has 0 fully saturated rings. The molecule has 0 radical (unpaired) electrons. The summed E-state index contributed by atoms with van der Waals surface area (Å²) in [5.74, 6) is 0.265. The molecule has 0 saturated carbocycles. The van der Waals surface area contributed by atoms with Crippen molar-refractivity contribution >= 4 is 17.6 Å². The first-order chi connectivity index (χ1) is 7.68. The second-order valence-corrected chi connectivity index (χ2v) is 2.64. The number of hydrogen-bond donors (Lipinski definition) is 4. The van der Waals surface area contributed by atoms with Gasteiger partial charge in [-0.1, -0.05) is 23.3 Å². The van der Waals surface area contributed by atoms with Crippen LogP contribution in [0, 0.1) is 0 Å². The Morgan fingerprint density at radius 3 is 2.25 bits per heavy atom. The van der Waals surface area contributed by atoms with Crippen LogP contribution < -0.4 is 17.2 Å². The quantitative estimate of drug-likeness (QED) is 0.372. The summed E-state index contributed by atoms with van der Waals surface area (Å²) in [5.41, 5.74) is 16.0. The first kappa shape index (κ1) is 11.4. The highest BCUT2D eigenvalue weighted by Crippen LogP contribution is 2.07. The molecule has 2 rings (SSSR count). The van der Waals surface area contributed by atoms with E-state index < -0.39 is 0 Å². The molecule has 0 spiro atoms. The van der Waals surface area contributed by atoms with E-state index in [0.29, 0.717) is 0 Å². The molecule has 0 saturated heterocycles. The lowest BCUT2D eigenvalue weighted by Gasteiger charge is -1.91. The van der Waals surface area contributed by atoms with Crippen LogP contribution in [0.2, 0.25) is 0 Å². The van der Waals surface area contributed by atoms with Crippen molar-refractivity contribution in [1.29, 1.82) is 0 Å². The Labute approximate surface area is 91.5 Å². The number of H-pyrrole nitrogens is 1. The smallest absolute Gasteiger partial charge is 0.260 e. The molecular weight excluding hydrogens is 208 g/mol. The highest BCUT2D eigenvalue weighted by Gasteiger charge is 1.83. The Morgan fingerprint density at radius 1 is 1.19 bits per heavy atom. The average Bonchev–Trinajstić information content (AvgIpc) is 2.71. The van der Waals surface area contributed by atoms with Gasteiger partial charge in [-0.25, -0.2) is 4.99 Å². The standard InChI is InChI=1S/C7H9N3.CH3N5/c8-7(9)10-6-4-2-1-3-5-6;2-1-3-5-6-4-1/h1-5H,(H4,8,9,10);(H3,2,3,4,5,6). The number of guanidine groups is 1. The van der Waals surface area contributed by atoms with Crippen LogP contribution in [0.15, 0.2) is 35.3 Å². The van der Waals surface area contributed by atoms with Gasteiger partial charge in [-0.3, -0.25) is 0 Å². The molecule has 8 nitrogen and oxygen atoms in total. The molecule has 7 N–H and O–H groups in total. The van der Waals surface area contributed by atoms with E-state index in [1.165, 1.54) is 0 Å². The number of rotatable bonds is 1. The van der Waals surface area contributed by atoms with E-state index in [4.69, 9.17) is 17.2 Å². The minimum absolute atomic E-state index is 0.0891. The Kier molecular flexibility index (Phi) is 4.26. The Bertz CT molecular complexity index is 417. The third-order valence-electron chi connectivity index (χ3n) is 1.38. The van der Waals surface area contributed by atoms with Gasteiger partial charge >= 0.3 is 0 Å². The first-order valence-electron chi connectivity index (χ1n) is 4.32. The van der Waals surface area contributed by atoms with Gasteiger partial charge in [0.1, 0.15) is 0 Å². The zero-order chi connectivity index (χ0) is 11.8. The molecule has 2 aromatic rings. The minimum Gasteiger partial charge on any atom is -0.370 e. The molecule has 1 aromatic carbocycles. The molecule has 0 atom stereocenters. The maximum absolute atomic E-state index is 5.15. The molecule has 1 heterocycles. The number of aromatic amines is 1. The Balaban J connectivity index is 0.000000181. The largest absolute Gasteiger partial charge is 0.370 e. The summed E-state index contributed by atoms with van der Waals surface area (Å²) >= 11 is 0. The number of aliphatic imine (C=N–C) groups is 1. The van der Waals surface area contributed by atoms with Crippen LogP contribution in [-0.4, -0.2) is 26.6 Å². The molecule has 0 unspecified atom stereocenters. The van der Waals surface area contributed by atoms with Crippen molar-refractivity contribution in [3.8, 4) is 0 Å². The van der Waals surface area contributed by atoms with Crippen LogP contribution in [0.4, 0.5) is 11.6 Å². The highest BCUT2D eigenvalue weighted by molar-refractivity contribution is 5.78. The van der Waals surface area contributed by atoms with E-state index in [0.717, 1.165) is 5.69 Å². The number of benzene rings is 1. The number of nitrogens with one attached hydrogen (secondary N) is 1. The molecule has 0 bridgehead atoms. The van der Waals surface area contributed by atoms with Crippen molar-refractivity contribution in [2.45, 2.75) is 0 Å². The number of nitrogens with zero attached hydrogens (tertiary/aromatic N) is 4. The summed E-state index contributed by atoms with van der Waals surface area (Å²) in [6, 6.07) is 9.33. The van der Waals surface area contributed by atoms with Crippen LogP contribution in [0.3, 0.4) is 0 Å². The molecule has 0 aliphatic rings. The van der Waals surface area contributed by atoms with E-state index in [2.05, 4.69) is 25.6 Å². The molecule has 16 heavy (non-hydrogen) atoms. The van der Waals surface area contributed by atoms with E-state index in [1.807, 2.05) is 30.3 Å². The van der Waals surface area contributed by atoms with Crippen LogP contribution in [-0.2, 0) is 0 Å². The van der Waals surface area contributed by atoms with Crippen molar-refractivity contribution in [1.82, 2.24) is 20.6 Å². The summed E-state index contributed by atoms with van der Waals surface area (Å²) in [4.78, 5) is 3.83. The molecule has 1 aromatic heterocycles. The minimum atomic E-state index is 0.0891. The topological polar surface area (TPSA) is 145 Å². The number of tetrazole rings is 1. The number of aromatic nitrogens is 4. The zero-order valence-electron chi connectivity index (χ0n) is 8.41. The molecule has 0 amide bonds. The predicted molar refractivity (Wildman–Crippen MR) is 60.5 cm³/mol. The monoisotopic (exact) mass is 220 g/mol. The van der Waals surface area contributed by atoms with Crippen LogP contribution >= 0.6 is 0 Å². The van der Waals surface area contributed by atoms with Crippen molar-refractivity contribution in [2.24, 2.45) is 16.5 Å². The number of nitrogen functional groups attached to an aromatic ring is 1. The van der Waals surface area contributed by atoms with Gasteiger partial charge in [0.2, 0.25) is 0 Å². The van der Waals surface area contributed by atoms with Crippen molar-refractivity contribution in [3.05, 3.63) is 30.3 Å². The van der Waals surface area contributed by atoms with E-state index in [-0.39, 0.29) is 11.9 Å². The van der Waals surface area contributed by atoms with Crippen molar-refractivity contribution < 1.29 is 0 Å². The second kappa shape index (κ2) is 5.96. The summed E-state index contributed by atoms with van der Waals surface area (Å²) in [6.07, 6.45) is 0. The first-order valence-corrected chi connectivity index (χ1v) is 4.32. The Morgan fingerprint density at radius 2 is 1.88 bits per heavy atom. The SMILES string of the molecule is NC(N)=Nc1ccccc1.Nc1nn[nH]n1. The van der Waals surface area contributed by atoms with E-state index in [9.17, 15) is 0 Å². The highest BCUT2D eigenvalue weighted by atomic mass is 15.5. The third kappa shape index (κ3) is 4.56. The van der Waals surface area contributed by atoms with Gasteiger partial charge in [0.15, 0.2) is 5.96 Å². The van der Waals surface area contributed by atoms with Gasteiger partial charge in [-0.2, -0.15) is 5.21 Å². The van der Waals surface area contributed by atoms with Crippen molar-refractivity contribution in [2.75, 3.05) is 5.73 Å². The molecule has 0 aliphatic carbocycles. The van der Waals surface area contributed by atoms with E-state index >= 15 is 0 Å². The maximum atomic E-state index is 5.15. The van der Waals surface area contributed by atoms with Gasteiger partial charge < -0.3 is 17.2 Å². The zero-order valence-corrected chi connectivity index (χ0v) is 8.41. The van der Waals surface area contributed by atoms with E-state index in [1.54, 1.807) is 0 Å². The fraction of sp³-hybridized carbons (Fsp3) is 0. The number of nitrogens with two attached hydrogens (primary N) is 3.